The van der Waals surface area contributed by atoms with E-state index in [0.717, 1.165) is 0 Å². The first kappa shape index (κ1) is 11.9. The van der Waals surface area contributed by atoms with E-state index in [2.05, 4.69) is 14.7 Å². The van der Waals surface area contributed by atoms with Crippen LogP contribution in [0.1, 0.15) is 16.2 Å². The van der Waals surface area contributed by atoms with Crippen molar-refractivity contribution in [1.82, 2.24) is 10.1 Å². The van der Waals surface area contributed by atoms with Crippen molar-refractivity contribution < 1.29 is 18.8 Å². The molecule has 0 radical (unpaired) electrons. The molecule has 1 heterocycles. The highest BCUT2D eigenvalue weighted by molar-refractivity contribution is 5.81. The fraction of sp³-hybridized carbons (Fsp3) is 0.182. The van der Waals surface area contributed by atoms with E-state index < -0.39 is 5.76 Å². The zero-order valence-electron chi connectivity index (χ0n) is 9.50. The highest BCUT2D eigenvalue weighted by Gasteiger charge is 2.11. The number of H-pyrrole nitrogens is 1. The number of aromatic amines is 1. The predicted molar refractivity (Wildman–Crippen MR) is 59.8 cm³/mol. The third-order valence-electron chi connectivity index (χ3n) is 2.19. The number of hydrogen-bond donors (Lipinski definition) is 1. The van der Waals surface area contributed by atoms with E-state index in [-0.39, 0.29) is 12.4 Å². The van der Waals surface area contributed by atoms with E-state index in [9.17, 15) is 9.59 Å². The summed E-state index contributed by atoms with van der Waals surface area (Å²) in [5, 5.41) is 2.30. The Morgan fingerprint density at radius 3 is 2.94 bits per heavy atom. The molecule has 0 aliphatic heterocycles. The third kappa shape index (κ3) is 2.40. The molecular formula is C11H10N2O5. The topological polar surface area (TPSA) is 94.4 Å². The largest absolute Gasteiger partial charge is 0.493 e. The lowest BCUT2D eigenvalue weighted by Crippen LogP contribution is -2.04. The smallest absolute Gasteiger partial charge is 0.459 e. The number of aromatic nitrogens is 2. The summed E-state index contributed by atoms with van der Waals surface area (Å²) in [6, 6.07) is 4.93. The van der Waals surface area contributed by atoms with Gasteiger partial charge in [-0.1, -0.05) is 6.07 Å². The second-order valence-electron chi connectivity index (χ2n) is 3.31. The quantitative estimate of drug-likeness (QED) is 0.787. The molecule has 0 atom stereocenters. The third-order valence-corrected chi connectivity index (χ3v) is 2.19. The van der Waals surface area contributed by atoms with Crippen LogP contribution in [0.5, 0.6) is 11.5 Å². The summed E-state index contributed by atoms with van der Waals surface area (Å²) in [5.74, 6) is 0.205. The van der Waals surface area contributed by atoms with Gasteiger partial charge in [0.15, 0.2) is 23.6 Å². The minimum atomic E-state index is -0.732. The molecule has 7 heteroatoms. The zero-order valence-corrected chi connectivity index (χ0v) is 9.50. The van der Waals surface area contributed by atoms with Crippen molar-refractivity contribution in [3.8, 4) is 11.5 Å². The number of hydrogen-bond acceptors (Lipinski definition) is 6. The van der Waals surface area contributed by atoms with Crippen LogP contribution in [0, 0.1) is 0 Å². The van der Waals surface area contributed by atoms with Crippen LogP contribution in [0.25, 0.3) is 0 Å². The van der Waals surface area contributed by atoms with Crippen LogP contribution in [-0.2, 0) is 6.61 Å². The number of benzene rings is 1. The van der Waals surface area contributed by atoms with Crippen molar-refractivity contribution in [3.05, 3.63) is 40.1 Å². The Morgan fingerprint density at radius 2 is 2.33 bits per heavy atom. The number of nitrogens with zero attached hydrogens (tertiary/aromatic N) is 1. The first-order valence-electron chi connectivity index (χ1n) is 5.04. The Labute approximate surface area is 101 Å². The monoisotopic (exact) mass is 250 g/mol. The van der Waals surface area contributed by atoms with Crippen LogP contribution >= 0.6 is 0 Å². The Bertz CT molecular complexity index is 601. The van der Waals surface area contributed by atoms with Crippen molar-refractivity contribution >= 4 is 6.29 Å². The summed E-state index contributed by atoms with van der Waals surface area (Å²) < 4.78 is 14.9. The number of methoxy groups -OCH3 is 1. The standard InChI is InChI=1S/C11H10N2O5/c1-16-8-4-2-3-7(5-14)10(8)17-6-9-12-11(15)18-13-9/h2-5H,6H2,1H3,(H,12,13,15). The maximum atomic E-state index is 10.9. The van der Waals surface area contributed by atoms with E-state index >= 15 is 0 Å². The Kier molecular flexibility index (Phi) is 3.42. The van der Waals surface area contributed by atoms with Gasteiger partial charge in [0.25, 0.3) is 0 Å². The van der Waals surface area contributed by atoms with Gasteiger partial charge in [0.2, 0.25) is 0 Å². The molecule has 18 heavy (non-hydrogen) atoms. The minimum Gasteiger partial charge on any atom is -0.493 e. The molecule has 1 aromatic heterocycles. The van der Waals surface area contributed by atoms with Crippen molar-refractivity contribution in [2.24, 2.45) is 0 Å². The number of ether oxygens (including phenoxy) is 2. The highest BCUT2D eigenvalue weighted by Crippen LogP contribution is 2.30. The lowest BCUT2D eigenvalue weighted by Gasteiger charge is -2.10. The first-order chi connectivity index (χ1) is 8.74. The number of carbonyl (C=O) groups is 1. The normalized spacial score (nSPS) is 10.1. The molecular weight excluding hydrogens is 240 g/mol. The number of aldehydes is 1. The molecule has 1 N–H and O–H groups in total. The van der Waals surface area contributed by atoms with Crippen molar-refractivity contribution in [3.63, 3.8) is 0 Å². The average Bonchev–Trinajstić information content (AvgIpc) is 2.81. The van der Waals surface area contributed by atoms with Crippen LogP contribution in [0.4, 0.5) is 0 Å². The van der Waals surface area contributed by atoms with Crippen LogP contribution < -0.4 is 15.2 Å². The van der Waals surface area contributed by atoms with Gasteiger partial charge in [0.05, 0.1) is 12.7 Å². The minimum absolute atomic E-state index is 0.0348. The molecule has 7 nitrogen and oxygen atoms in total. The van der Waals surface area contributed by atoms with Gasteiger partial charge in [-0.05, 0) is 12.1 Å². The summed E-state index contributed by atoms with van der Waals surface area (Å²) in [4.78, 5) is 25.1. The molecule has 0 saturated carbocycles. The molecule has 0 saturated heterocycles. The van der Waals surface area contributed by atoms with Crippen LogP contribution in [0.3, 0.4) is 0 Å². The summed E-state index contributed by atoms with van der Waals surface area (Å²) in [5.41, 5.74) is 0.347. The van der Waals surface area contributed by atoms with Gasteiger partial charge < -0.3 is 14.0 Å². The Balaban J connectivity index is 2.22. The lowest BCUT2D eigenvalue weighted by molar-refractivity contribution is 0.111. The van der Waals surface area contributed by atoms with Gasteiger partial charge in [-0.2, -0.15) is 10.1 Å². The molecule has 1 aromatic carbocycles. The molecule has 0 amide bonds. The van der Waals surface area contributed by atoms with E-state index in [1.807, 2.05) is 0 Å². The predicted octanol–water partition coefficient (Wildman–Crippen LogP) is 0.763. The maximum absolute atomic E-state index is 10.9. The van der Waals surface area contributed by atoms with Gasteiger partial charge in [-0.15, -0.1) is 0 Å². The molecule has 0 fully saturated rings. The summed E-state index contributed by atoms with van der Waals surface area (Å²) in [7, 11) is 1.47. The van der Waals surface area contributed by atoms with E-state index in [1.165, 1.54) is 7.11 Å². The van der Waals surface area contributed by atoms with Crippen molar-refractivity contribution in [1.29, 1.82) is 0 Å². The van der Waals surface area contributed by atoms with Gasteiger partial charge in [0.1, 0.15) is 6.61 Å². The van der Waals surface area contributed by atoms with Gasteiger partial charge in [-0.3, -0.25) is 4.79 Å². The summed E-state index contributed by atoms with van der Waals surface area (Å²) in [6.45, 7) is -0.0348. The van der Waals surface area contributed by atoms with Crippen molar-refractivity contribution in [2.75, 3.05) is 7.11 Å². The Hall–Kier alpha value is -2.57. The van der Waals surface area contributed by atoms with Gasteiger partial charge in [-0.25, -0.2) is 4.79 Å². The molecule has 0 aliphatic carbocycles. The molecule has 0 spiro atoms. The summed E-state index contributed by atoms with van der Waals surface area (Å²) >= 11 is 0. The lowest BCUT2D eigenvalue weighted by atomic mass is 10.2. The zero-order chi connectivity index (χ0) is 13.0. The molecule has 94 valence electrons. The van der Waals surface area contributed by atoms with Crippen LogP contribution in [0.2, 0.25) is 0 Å². The first-order valence-corrected chi connectivity index (χ1v) is 5.04. The highest BCUT2D eigenvalue weighted by atomic mass is 16.5. The van der Waals surface area contributed by atoms with Crippen LogP contribution in [0.15, 0.2) is 27.5 Å². The number of carbonyl (C=O) groups excluding carboxylic acids is 1. The number of nitrogens with one attached hydrogen (secondary N) is 1. The molecule has 2 rings (SSSR count). The molecule has 2 aromatic rings. The molecule has 0 bridgehead atoms. The van der Waals surface area contributed by atoms with Gasteiger partial charge >= 0.3 is 5.76 Å². The van der Waals surface area contributed by atoms with Gasteiger partial charge in [0, 0.05) is 0 Å². The van der Waals surface area contributed by atoms with Crippen LogP contribution in [-0.4, -0.2) is 23.5 Å². The molecule has 0 aliphatic rings. The second-order valence-corrected chi connectivity index (χ2v) is 3.31. The van der Waals surface area contributed by atoms with E-state index in [4.69, 9.17) is 9.47 Å². The average molecular weight is 250 g/mol. The van der Waals surface area contributed by atoms with E-state index in [1.54, 1.807) is 18.2 Å². The fourth-order valence-electron chi connectivity index (χ4n) is 1.40. The maximum Gasteiger partial charge on any atom is 0.459 e. The fourth-order valence-corrected chi connectivity index (χ4v) is 1.40. The Morgan fingerprint density at radius 1 is 1.50 bits per heavy atom. The second kappa shape index (κ2) is 5.17. The van der Waals surface area contributed by atoms with E-state index in [0.29, 0.717) is 23.3 Å². The SMILES string of the molecule is COc1cccc(C=O)c1OCc1nc(=O)o[nH]1. The number of para-hydroxylation sites is 1. The molecule has 0 unspecified atom stereocenters. The summed E-state index contributed by atoms with van der Waals surface area (Å²) in [6.07, 6.45) is 0.656. The van der Waals surface area contributed by atoms with Crippen molar-refractivity contribution in [2.45, 2.75) is 6.61 Å². The number of rotatable bonds is 5.